The number of methoxy groups -OCH3 is 1. The Morgan fingerprint density at radius 1 is 1.31 bits per heavy atom. The molecule has 0 radical (unpaired) electrons. The second kappa shape index (κ2) is 7.35. The van der Waals surface area contributed by atoms with Crippen LogP contribution in [0.25, 0.3) is 11.0 Å². The molecule has 1 aromatic carbocycles. The maximum atomic E-state index is 14.6. The van der Waals surface area contributed by atoms with E-state index >= 15 is 0 Å². The minimum Gasteiger partial charge on any atom is -0.473 e. The van der Waals surface area contributed by atoms with Gasteiger partial charge in [-0.3, -0.25) is 4.79 Å². The van der Waals surface area contributed by atoms with Crippen LogP contribution in [0, 0.1) is 5.92 Å². The summed E-state index contributed by atoms with van der Waals surface area (Å²) in [6.07, 6.45) is 1.77. The summed E-state index contributed by atoms with van der Waals surface area (Å²) in [4.78, 5) is 20.0. The van der Waals surface area contributed by atoms with Gasteiger partial charge < -0.3 is 9.47 Å². The Kier molecular flexibility index (Phi) is 5.15. The number of para-hydroxylation sites is 2. The van der Waals surface area contributed by atoms with Crippen LogP contribution < -0.4 is 4.74 Å². The Hall–Kier alpha value is -2.57. The third kappa shape index (κ3) is 3.66. The van der Waals surface area contributed by atoms with E-state index in [0.717, 1.165) is 6.08 Å². The minimum absolute atomic E-state index is 0.189. The lowest BCUT2D eigenvalue weighted by Gasteiger charge is -2.20. The summed E-state index contributed by atoms with van der Waals surface area (Å²) in [6.45, 7) is 3.39. The summed E-state index contributed by atoms with van der Waals surface area (Å²) in [5.41, 5.74) is 0.346. The molecule has 0 N–H and O–H groups in total. The first-order chi connectivity index (χ1) is 12.4. The van der Waals surface area contributed by atoms with Crippen LogP contribution in [0.2, 0.25) is 0 Å². The van der Waals surface area contributed by atoms with Crippen LogP contribution in [0.15, 0.2) is 36.9 Å². The van der Waals surface area contributed by atoms with Crippen molar-refractivity contribution in [3.63, 3.8) is 0 Å². The van der Waals surface area contributed by atoms with Crippen molar-refractivity contribution in [1.82, 2.24) is 9.97 Å². The molecule has 1 heterocycles. The number of rotatable bonds is 6. The summed E-state index contributed by atoms with van der Waals surface area (Å²) < 4.78 is 39.6. The number of hydrogen-bond donors (Lipinski definition) is 0. The molecule has 0 spiro atoms. The highest BCUT2D eigenvalue weighted by atomic mass is 19.3. The lowest BCUT2D eigenvalue weighted by molar-refractivity contribution is -0.145. The number of allylic oxidation sites excluding steroid dienone is 1. The van der Waals surface area contributed by atoms with Gasteiger partial charge in [0.15, 0.2) is 5.69 Å². The maximum Gasteiger partial charge on any atom is 0.308 e. The number of aromatic nitrogens is 2. The monoisotopic (exact) mass is 362 g/mol. The molecule has 5 nitrogen and oxygen atoms in total. The predicted molar refractivity (Wildman–Crippen MR) is 92.0 cm³/mol. The molecule has 7 heteroatoms. The Balaban J connectivity index is 1.93. The molecule has 26 heavy (non-hydrogen) atoms. The molecule has 0 saturated heterocycles. The molecule has 1 saturated carbocycles. The maximum absolute atomic E-state index is 14.6. The second-order valence-electron chi connectivity index (χ2n) is 6.34. The molecule has 3 rings (SSSR count). The third-order valence-corrected chi connectivity index (χ3v) is 4.48. The van der Waals surface area contributed by atoms with Crippen LogP contribution in [0.3, 0.4) is 0 Å². The zero-order valence-corrected chi connectivity index (χ0v) is 14.5. The molecule has 2 atom stereocenters. The summed E-state index contributed by atoms with van der Waals surface area (Å²) in [5.74, 6) is -4.02. The van der Waals surface area contributed by atoms with E-state index in [1.807, 2.05) is 0 Å². The highest BCUT2D eigenvalue weighted by Gasteiger charge is 2.39. The molecule has 1 fully saturated rings. The first kappa shape index (κ1) is 18.2. The van der Waals surface area contributed by atoms with Gasteiger partial charge in [0, 0.05) is 6.42 Å². The number of carbonyl (C=O) groups excluding carboxylic acids is 1. The Morgan fingerprint density at radius 2 is 2.00 bits per heavy atom. The van der Waals surface area contributed by atoms with Gasteiger partial charge in [0.2, 0.25) is 5.88 Å². The number of esters is 1. The van der Waals surface area contributed by atoms with Gasteiger partial charge in [0.1, 0.15) is 6.10 Å². The van der Waals surface area contributed by atoms with Crippen molar-refractivity contribution in [1.29, 1.82) is 0 Å². The number of halogens is 2. The van der Waals surface area contributed by atoms with Gasteiger partial charge in [-0.2, -0.15) is 8.78 Å². The van der Waals surface area contributed by atoms with E-state index in [9.17, 15) is 13.6 Å². The Morgan fingerprint density at radius 3 is 2.65 bits per heavy atom. The number of nitrogens with zero attached hydrogens (tertiary/aromatic N) is 2. The van der Waals surface area contributed by atoms with Gasteiger partial charge in [-0.15, -0.1) is 6.58 Å². The van der Waals surface area contributed by atoms with Crippen LogP contribution in [0.5, 0.6) is 5.88 Å². The van der Waals surface area contributed by atoms with Crippen LogP contribution in [-0.4, -0.2) is 29.2 Å². The lowest BCUT2D eigenvalue weighted by Crippen LogP contribution is -2.22. The summed E-state index contributed by atoms with van der Waals surface area (Å²) in [7, 11) is 1.33. The smallest absolute Gasteiger partial charge is 0.308 e. The van der Waals surface area contributed by atoms with Crippen molar-refractivity contribution in [2.45, 2.75) is 37.7 Å². The fourth-order valence-corrected chi connectivity index (χ4v) is 3.17. The van der Waals surface area contributed by atoms with Crippen LogP contribution >= 0.6 is 0 Å². The first-order valence-corrected chi connectivity index (χ1v) is 8.45. The van der Waals surface area contributed by atoms with E-state index in [1.165, 1.54) is 7.11 Å². The second-order valence-corrected chi connectivity index (χ2v) is 6.34. The molecule has 1 aromatic heterocycles. The molecule has 0 bridgehead atoms. The topological polar surface area (TPSA) is 61.3 Å². The lowest BCUT2D eigenvalue weighted by atomic mass is 10.1. The number of carbonyl (C=O) groups is 1. The number of fused-ring (bicyclic) bond motifs is 1. The molecule has 1 aliphatic rings. The summed E-state index contributed by atoms with van der Waals surface area (Å²) in [5, 5.41) is 0. The van der Waals surface area contributed by atoms with E-state index < -0.39 is 18.0 Å². The zero-order valence-electron chi connectivity index (χ0n) is 14.5. The molecular weight excluding hydrogens is 342 g/mol. The summed E-state index contributed by atoms with van der Waals surface area (Å²) in [6, 6.07) is 6.79. The van der Waals surface area contributed by atoms with Crippen molar-refractivity contribution >= 4 is 17.0 Å². The normalized spacial score (nSPS) is 20.1. The van der Waals surface area contributed by atoms with Crippen molar-refractivity contribution < 1.29 is 23.0 Å². The third-order valence-electron chi connectivity index (χ3n) is 4.48. The van der Waals surface area contributed by atoms with E-state index in [2.05, 4.69) is 16.5 Å². The van der Waals surface area contributed by atoms with Gasteiger partial charge in [-0.05, 0) is 31.4 Å². The summed E-state index contributed by atoms with van der Waals surface area (Å²) >= 11 is 0. The SMILES string of the molecule is C=CCC(F)(F)c1nc2ccccc2nc1O[C@H]1CC[C@H](C(=O)OC)C1. The standard InChI is InChI=1S/C19H20F2N2O3/c1-3-10-19(20,21)16-17(23-15-7-5-4-6-14(15)22-16)26-13-9-8-12(11-13)18(24)25-2/h3-7,12-13H,1,8-11H2,2H3/t12-,13-/m0/s1. The molecule has 0 unspecified atom stereocenters. The van der Waals surface area contributed by atoms with Crippen LogP contribution in [0.4, 0.5) is 8.78 Å². The largest absolute Gasteiger partial charge is 0.473 e. The Bertz CT molecular complexity index is 826. The molecular formula is C19H20F2N2O3. The number of hydrogen-bond acceptors (Lipinski definition) is 5. The fraction of sp³-hybridized carbons (Fsp3) is 0.421. The van der Waals surface area contributed by atoms with Crippen molar-refractivity contribution in [3.05, 3.63) is 42.6 Å². The number of benzene rings is 1. The molecule has 138 valence electrons. The first-order valence-electron chi connectivity index (χ1n) is 8.45. The van der Waals surface area contributed by atoms with Gasteiger partial charge in [-0.1, -0.05) is 18.2 Å². The van der Waals surface area contributed by atoms with E-state index in [-0.39, 0.29) is 23.9 Å². The minimum atomic E-state index is -3.24. The molecule has 1 aliphatic carbocycles. The number of alkyl halides is 2. The van der Waals surface area contributed by atoms with E-state index in [4.69, 9.17) is 9.47 Å². The highest BCUT2D eigenvalue weighted by molar-refractivity contribution is 5.75. The quantitative estimate of drug-likeness (QED) is 0.574. The van der Waals surface area contributed by atoms with E-state index in [1.54, 1.807) is 24.3 Å². The fourth-order valence-electron chi connectivity index (χ4n) is 3.17. The van der Waals surface area contributed by atoms with Gasteiger partial charge in [-0.25, -0.2) is 9.97 Å². The van der Waals surface area contributed by atoms with Crippen molar-refractivity contribution in [2.24, 2.45) is 5.92 Å². The highest BCUT2D eigenvalue weighted by Crippen LogP contribution is 2.38. The van der Waals surface area contributed by atoms with E-state index in [0.29, 0.717) is 30.3 Å². The van der Waals surface area contributed by atoms with Crippen LogP contribution in [-0.2, 0) is 15.5 Å². The molecule has 0 amide bonds. The van der Waals surface area contributed by atoms with Gasteiger partial charge >= 0.3 is 5.97 Å². The van der Waals surface area contributed by atoms with Crippen molar-refractivity contribution in [2.75, 3.05) is 7.11 Å². The average Bonchev–Trinajstić information content (AvgIpc) is 3.09. The van der Waals surface area contributed by atoms with Gasteiger partial charge in [0.25, 0.3) is 5.92 Å². The van der Waals surface area contributed by atoms with Gasteiger partial charge in [0.05, 0.1) is 24.1 Å². The van der Waals surface area contributed by atoms with Crippen LogP contribution in [0.1, 0.15) is 31.4 Å². The molecule has 2 aromatic rings. The number of ether oxygens (including phenoxy) is 2. The predicted octanol–water partition coefficient (Wildman–Crippen LogP) is 4.02. The zero-order chi connectivity index (χ0) is 18.7. The van der Waals surface area contributed by atoms with Crippen molar-refractivity contribution in [3.8, 4) is 5.88 Å². The molecule has 0 aliphatic heterocycles. The Labute approximate surface area is 150 Å². The average molecular weight is 362 g/mol.